The number of benzene rings is 1. The Bertz CT molecular complexity index is 510. The predicted octanol–water partition coefficient (Wildman–Crippen LogP) is 2.46. The lowest BCUT2D eigenvalue weighted by Gasteiger charge is -2.02. The van der Waals surface area contributed by atoms with Gasteiger partial charge in [0.25, 0.3) is 0 Å². The summed E-state index contributed by atoms with van der Waals surface area (Å²) < 4.78 is 5.18. The Hall–Kier alpha value is -1.52. The predicted molar refractivity (Wildman–Crippen MR) is 68.3 cm³/mol. The average molecular weight is 252 g/mol. The normalized spacial score (nSPS) is 10.5. The summed E-state index contributed by atoms with van der Waals surface area (Å²) >= 11 is 6.12. The molecule has 0 bridgehead atoms. The number of aromatic amines is 1. The van der Waals surface area contributed by atoms with Gasteiger partial charge in [-0.1, -0.05) is 23.7 Å². The highest BCUT2D eigenvalue weighted by Crippen LogP contribution is 2.28. The van der Waals surface area contributed by atoms with Crippen LogP contribution in [-0.2, 0) is 6.54 Å². The van der Waals surface area contributed by atoms with E-state index < -0.39 is 0 Å². The van der Waals surface area contributed by atoms with Gasteiger partial charge in [0.15, 0.2) is 0 Å². The van der Waals surface area contributed by atoms with E-state index in [-0.39, 0.29) is 0 Å². The number of methoxy groups -OCH3 is 1. The highest BCUT2D eigenvalue weighted by molar-refractivity contribution is 6.31. The van der Waals surface area contributed by atoms with Crippen molar-refractivity contribution < 1.29 is 4.74 Å². The maximum Gasteiger partial charge on any atom is 0.134 e. The number of aromatic nitrogens is 2. The van der Waals surface area contributed by atoms with E-state index in [1.165, 1.54) is 0 Å². The summed E-state index contributed by atoms with van der Waals surface area (Å²) in [7, 11) is 3.50. The van der Waals surface area contributed by atoms with Crippen LogP contribution >= 0.6 is 11.6 Å². The molecule has 1 aromatic heterocycles. The molecule has 2 rings (SSSR count). The number of nitrogens with one attached hydrogen (secondary N) is 2. The van der Waals surface area contributed by atoms with Crippen LogP contribution in [0.3, 0.4) is 0 Å². The zero-order chi connectivity index (χ0) is 12.3. The van der Waals surface area contributed by atoms with Crippen molar-refractivity contribution in [3.05, 3.63) is 35.2 Å². The van der Waals surface area contributed by atoms with E-state index in [1.54, 1.807) is 7.11 Å². The molecule has 17 heavy (non-hydrogen) atoms. The first-order valence-electron chi connectivity index (χ1n) is 5.28. The molecule has 2 aromatic rings. The highest BCUT2D eigenvalue weighted by Gasteiger charge is 2.10. The van der Waals surface area contributed by atoms with Gasteiger partial charge in [-0.2, -0.15) is 0 Å². The summed E-state index contributed by atoms with van der Waals surface area (Å²) in [5.74, 6) is 1.60. The number of halogens is 1. The summed E-state index contributed by atoms with van der Waals surface area (Å²) in [6.45, 7) is 0.656. The third-order valence-corrected chi connectivity index (χ3v) is 2.67. The maximum atomic E-state index is 6.12. The SMILES string of the molecule is CNCc1nc(-c2cccc(OC)c2)c(Cl)[nH]1. The Labute approximate surface area is 105 Å². The topological polar surface area (TPSA) is 49.9 Å². The molecule has 1 heterocycles. The maximum absolute atomic E-state index is 6.12. The molecule has 0 aliphatic heterocycles. The fourth-order valence-corrected chi connectivity index (χ4v) is 1.87. The molecular formula is C12H14ClN3O. The summed E-state index contributed by atoms with van der Waals surface area (Å²) in [5.41, 5.74) is 1.68. The van der Waals surface area contributed by atoms with E-state index in [0.29, 0.717) is 11.7 Å². The summed E-state index contributed by atoms with van der Waals surface area (Å²) in [6.07, 6.45) is 0. The Morgan fingerprint density at radius 3 is 3.00 bits per heavy atom. The lowest BCUT2D eigenvalue weighted by Crippen LogP contribution is -2.06. The van der Waals surface area contributed by atoms with Gasteiger partial charge in [-0.25, -0.2) is 4.98 Å². The molecule has 90 valence electrons. The van der Waals surface area contributed by atoms with E-state index in [0.717, 1.165) is 22.8 Å². The van der Waals surface area contributed by atoms with E-state index in [1.807, 2.05) is 31.3 Å². The van der Waals surface area contributed by atoms with Gasteiger partial charge in [-0.05, 0) is 19.2 Å². The first kappa shape index (κ1) is 12.0. The van der Waals surface area contributed by atoms with Crippen LogP contribution in [0.4, 0.5) is 0 Å². The fourth-order valence-electron chi connectivity index (χ4n) is 1.61. The van der Waals surface area contributed by atoms with Crippen molar-refractivity contribution in [3.8, 4) is 17.0 Å². The molecule has 4 nitrogen and oxygen atoms in total. The third-order valence-electron chi connectivity index (χ3n) is 2.40. The smallest absolute Gasteiger partial charge is 0.134 e. The minimum atomic E-state index is 0.545. The Morgan fingerprint density at radius 2 is 2.29 bits per heavy atom. The number of hydrogen-bond donors (Lipinski definition) is 2. The minimum Gasteiger partial charge on any atom is -0.497 e. The highest BCUT2D eigenvalue weighted by atomic mass is 35.5. The van der Waals surface area contributed by atoms with Crippen LogP contribution in [0.15, 0.2) is 24.3 Å². The summed E-state index contributed by atoms with van der Waals surface area (Å²) in [5, 5.41) is 3.57. The fraction of sp³-hybridized carbons (Fsp3) is 0.250. The lowest BCUT2D eigenvalue weighted by molar-refractivity contribution is 0.415. The molecule has 5 heteroatoms. The van der Waals surface area contributed by atoms with Gasteiger partial charge in [-0.15, -0.1) is 0 Å². The zero-order valence-electron chi connectivity index (χ0n) is 9.75. The molecule has 2 N–H and O–H groups in total. The second kappa shape index (κ2) is 5.21. The van der Waals surface area contributed by atoms with Crippen LogP contribution in [-0.4, -0.2) is 24.1 Å². The number of nitrogens with zero attached hydrogens (tertiary/aromatic N) is 1. The lowest BCUT2D eigenvalue weighted by atomic mass is 10.1. The van der Waals surface area contributed by atoms with Gasteiger partial charge in [0, 0.05) is 5.56 Å². The number of H-pyrrole nitrogens is 1. The van der Waals surface area contributed by atoms with Gasteiger partial charge >= 0.3 is 0 Å². The zero-order valence-corrected chi connectivity index (χ0v) is 10.5. The molecule has 0 fully saturated rings. The summed E-state index contributed by atoms with van der Waals surface area (Å²) in [4.78, 5) is 7.47. The van der Waals surface area contributed by atoms with Crippen molar-refractivity contribution in [2.24, 2.45) is 0 Å². The largest absolute Gasteiger partial charge is 0.497 e. The van der Waals surface area contributed by atoms with E-state index in [4.69, 9.17) is 16.3 Å². The quantitative estimate of drug-likeness (QED) is 0.878. The van der Waals surface area contributed by atoms with Gasteiger partial charge in [-0.3, -0.25) is 0 Å². The van der Waals surface area contributed by atoms with Gasteiger partial charge in [0.05, 0.1) is 13.7 Å². The number of imidazole rings is 1. The van der Waals surface area contributed by atoms with Crippen molar-refractivity contribution in [2.45, 2.75) is 6.54 Å². The van der Waals surface area contributed by atoms with Gasteiger partial charge < -0.3 is 15.0 Å². The van der Waals surface area contributed by atoms with Crippen LogP contribution in [0.1, 0.15) is 5.82 Å². The molecule has 0 saturated carbocycles. The Morgan fingerprint density at radius 1 is 1.47 bits per heavy atom. The molecule has 0 amide bonds. The van der Waals surface area contributed by atoms with Crippen LogP contribution in [0.5, 0.6) is 5.75 Å². The first-order valence-corrected chi connectivity index (χ1v) is 5.66. The van der Waals surface area contributed by atoms with Crippen LogP contribution < -0.4 is 10.1 Å². The van der Waals surface area contributed by atoms with Crippen molar-refractivity contribution in [1.29, 1.82) is 0 Å². The van der Waals surface area contributed by atoms with Crippen LogP contribution in [0.2, 0.25) is 5.15 Å². The molecule has 0 aliphatic rings. The monoisotopic (exact) mass is 251 g/mol. The van der Waals surface area contributed by atoms with E-state index in [2.05, 4.69) is 15.3 Å². The van der Waals surface area contributed by atoms with Crippen LogP contribution in [0.25, 0.3) is 11.3 Å². The Balaban J connectivity index is 2.37. The van der Waals surface area contributed by atoms with E-state index >= 15 is 0 Å². The molecule has 0 saturated heterocycles. The molecule has 1 aromatic carbocycles. The van der Waals surface area contributed by atoms with Crippen molar-refractivity contribution in [2.75, 3.05) is 14.2 Å². The first-order chi connectivity index (χ1) is 8.24. The molecule has 0 radical (unpaired) electrons. The Kier molecular flexibility index (Phi) is 3.66. The molecule has 0 spiro atoms. The minimum absolute atomic E-state index is 0.545. The van der Waals surface area contributed by atoms with Crippen molar-refractivity contribution in [3.63, 3.8) is 0 Å². The number of hydrogen-bond acceptors (Lipinski definition) is 3. The number of ether oxygens (including phenoxy) is 1. The average Bonchev–Trinajstić information content (AvgIpc) is 2.71. The second-order valence-corrected chi connectivity index (χ2v) is 3.99. The number of rotatable bonds is 4. The standard InChI is InChI=1S/C12H14ClN3O/c1-14-7-10-15-11(12(13)16-10)8-4-3-5-9(6-8)17-2/h3-6,14H,7H2,1-2H3,(H,15,16). The van der Waals surface area contributed by atoms with Gasteiger partial charge in [0.1, 0.15) is 22.4 Å². The van der Waals surface area contributed by atoms with Crippen molar-refractivity contribution >= 4 is 11.6 Å². The van der Waals surface area contributed by atoms with Gasteiger partial charge in [0.2, 0.25) is 0 Å². The molecule has 0 aliphatic carbocycles. The summed E-state index contributed by atoms with van der Waals surface area (Å²) in [6, 6.07) is 7.66. The molecule has 0 unspecified atom stereocenters. The third kappa shape index (κ3) is 2.60. The van der Waals surface area contributed by atoms with E-state index in [9.17, 15) is 0 Å². The van der Waals surface area contributed by atoms with Crippen LogP contribution in [0, 0.1) is 0 Å². The second-order valence-electron chi connectivity index (χ2n) is 3.61. The molecular weight excluding hydrogens is 238 g/mol. The molecule has 0 atom stereocenters. The van der Waals surface area contributed by atoms with Crippen molar-refractivity contribution in [1.82, 2.24) is 15.3 Å².